The number of aryl methyl sites for hydroxylation is 1. The lowest BCUT2D eigenvalue weighted by Gasteiger charge is -2.19. The number of nitrogens with one attached hydrogen (secondary N) is 3. The average molecular weight is 385 g/mol. The largest absolute Gasteiger partial charge is 0.357 e. The van der Waals surface area contributed by atoms with Crippen LogP contribution in [0.2, 0.25) is 5.02 Å². The van der Waals surface area contributed by atoms with Gasteiger partial charge in [-0.1, -0.05) is 23.7 Å². The second-order valence-electron chi connectivity index (χ2n) is 6.18. The highest BCUT2D eigenvalue weighted by Crippen LogP contribution is 2.20. The summed E-state index contributed by atoms with van der Waals surface area (Å²) in [7, 11) is 1.78. The van der Waals surface area contributed by atoms with Crippen LogP contribution in [0.25, 0.3) is 0 Å². The van der Waals surface area contributed by atoms with Crippen molar-refractivity contribution in [2.24, 2.45) is 0 Å². The second kappa shape index (κ2) is 8.75. The number of hydrogen-bond acceptors (Lipinski definition) is 6. The van der Waals surface area contributed by atoms with Crippen LogP contribution in [0.4, 0.5) is 5.95 Å². The van der Waals surface area contributed by atoms with Crippen molar-refractivity contribution < 1.29 is 0 Å². The third kappa shape index (κ3) is 5.35. The van der Waals surface area contributed by atoms with E-state index in [1.807, 2.05) is 24.3 Å². The lowest BCUT2D eigenvalue weighted by molar-refractivity contribution is 0.522. The van der Waals surface area contributed by atoms with Crippen molar-refractivity contribution in [2.75, 3.05) is 12.4 Å². The van der Waals surface area contributed by atoms with E-state index in [1.165, 1.54) is 6.07 Å². The summed E-state index contributed by atoms with van der Waals surface area (Å²) in [6.07, 6.45) is 4.13. The van der Waals surface area contributed by atoms with E-state index < -0.39 is 0 Å². The van der Waals surface area contributed by atoms with E-state index in [2.05, 4.69) is 30.6 Å². The summed E-state index contributed by atoms with van der Waals surface area (Å²) in [5, 5.41) is 7.08. The summed E-state index contributed by atoms with van der Waals surface area (Å²) < 4.78 is 0. The molecule has 3 aromatic rings. The molecule has 7 nitrogen and oxygen atoms in total. The number of H-pyrrole nitrogens is 1. The number of aromatic nitrogens is 4. The number of nitrogens with zero attached hydrogens (tertiary/aromatic N) is 3. The molecule has 0 aliphatic heterocycles. The van der Waals surface area contributed by atoms with Gasteiger partial charge in [0.1, 0.15) is 5.82 Å². The summed E-state index contributed by atoms with van der Waals surface area (Å²) in [5.74, 6) is 1.18. The van der Waals surface area contributed by atoms with E-state index >= 15 is 0 Å². The van der Waals surface area contributed by atoms with Crippen molar-refractivity contribution in [2.45, 2.75) is 25.9 Å². The van der Waals surface area contributed by atoms with Crippen LogP contribution in [-0.2, 0) is 13.0 Å². The maximum absolute atomic E-state index is 11.8. The highest BCUT2D eigenvalue weighted by Gasteiger charge is 2.14. The zero-order valence-corrected chi connectivity index (χ0v) is 15.9. The van der Waals surface area contributed by atoms with Crippen molar-refractivity contribution in [3.63, 3.8) is 0 Å². The van der Waals surface area contributed by atoms with Gasteiger partial charge in [0.15, 0.2) is 0 Å². The van der Waals surface area contributed by atoms with Crippen LogP contribution >= 0.6 is 11.6 Å². The molecule has 2 heterocycles. The van der Waals surface area contributed by atoms with Crippen molar-refractivity contribution in [1.82, 2.24) is 25.3 Å². The Bertz CT molecular complexity index is 940. The fourth-order valence-corrected chi connectivity index (χ4v) is 2.90. The van der Waals surface area contributed by atoms with Crippen LogP contribution in [0.5, 0.6) is 0 Å². The molecule has 0 spiro atoms. The van der Waals surface area contributed by atoms with Gasteiger partial charge in [-0.15, -0.1) is 0 Å². The Morgan fingerprint density at radius 1 is 1.19 bits per heavy atom. The second-order valence-corrected chi connectivity index (χ2v) is 6.61. The first kappa shape index (κ1) is 19.0. The molecule has 0 radical (unpaired) electrons. The number of rotatable bonds is 7. The third-order valence-corrected chi connectivity index (χ3v) is 4.33. The molecule has 3 N–H and O–H groups in total. The predicted molar refractivity (Wildman–Crippen MR) is 106 cm³/mol. The Morgan fingerprint density at radius 2 is 1.89 bits per heavy atom. The first-order valence-electron chi connectivity index (χ1n) is 8.58. The molecular formula is C19H21ClN6O. The highest BCUT2D eigenvalue weighted by atomic mass is 35.5. The molecule has 0 bridgehead atoms. The molecule has 0 unspecified atom stereocenters. The van der Waals surface area contributed by atoms with Crippen LogP contribution < -0.4 is 16.2 Å². The van der Waals surface area contributed by atoms with Crippen molar-refractivity contribution in [3.05, 3.63) is 80.7 Å². The quantitative estimate of drug-likeness (QED) is 0.579. The Hall–Kier alpha value is -2.77. The Kier molecular flexibility index (Phi) is 6.16. The van der Waals surface area contributed by atoms with Gasteiger partial charge < -0.3 is 15.6 Å². The standard InChI is InChI=1S/C19H21ClN6O/c1-12-25-16(8-18(27)26-12)7-17(14-3-5-15(20)6-4-14)22-9-13-10-23-19(21-2)24-11-13/h3-6,8,10-11,17,22H,7,9H2,1-2H3,(H,21,23,24)(H,25,26,27)/t17-/m1/s1. The molecule has 0 aliphatic rings. The Balaban J connectivity index is 1.80. The first-order chi connectivity index (χ1) is 13.0. The van der Waals surface area contributed by atoms with Gasteiger partial charge >= 0.3 is 0 Å². The Labute approximate surface area is 162 Å². The number of anilines is 1. The number of halogens is 1. The van der Waals surface area contributed by atoms with Gasteiger partial charge in [0, 0.05) is 60.8 Å². The molecular weight excluding hydrogens is 364 g/mol. The van der Waals surface area contributed by atoms with Crippen LogP contribution in [0.3, 0.4) is 0 Å². The van der Waals surface area contributed by atoms with E-state index in [4.69, 9.17) is 11.6 Å². The number of hydrogen-bond donors (Lipinski definition) is 3. The minimum atomic E-state index is -0.150. The molecule has 140 valence electrons. The van der Waals surface area contributed by atoms with Gasteiger partial charge in [0.2, 0.25) is 5.95 Å². The summed E-state index contributed by atoms with van der Waals surface area (Å²) in [6.45, 7) is 2.36. The van der Waals surface area contributed by atoms with Crippen molar-refractivity contribution in [3.8, 4) is 0 Å². The third-order valence-electron chi connectivity index (χ3n) is 4.08. The van der Waals surface area contributed by atoms with Crippen LogP contribution in [0, 0.1) is 6.92 Å². The highest BCUT2D eigenvalue weighted by molar-refractivity contribution is 6.30. The first-order valence-corrected chi connectivity index (χ1v) is 8.95. The molecule has 0 saturated heterocycles. The summed E-state index contributed by atoms with van der Waals surface area (Å²) in [5.41, 5.74) is 2.60. The van der Waals surface area contributed by atoms with Gasteiger partial charge in [0.05, 0.1) is 0 Å². The number of benzene rings is 1. The molecule has 1 atom stereocenters. The molecule has 0 amide bonds. The molecule has 2 aromatic heterocycles. The predicted octanol–water partition coefficient (Wildman–Crippen LogP) is 2.64. The molecule has 0 saturated carbocycles. The molecule has 0 fully saturated rings. The normalized spacial score (nSPS) is 12.0. The summed E-state index contributed by atoms with van der Waals surface area (Å²) in [6, 6.07) is 9.14. The van der Waals surface area contributed by atoms with Crippen molar-refractivity contribution >= 4 is 17.5 Å². The van der Waals surface area contributed by atoms with Gasteiger partial charge in [-0.25, -0.2) is 15.0 Å². The maximum Gasteiger partial charge on any atom is 0.251 e. The lowest BCUT2D eigenvalue weighted by atomic mass is 10.0. The van der Waals surface area contributed by atoms with E-state index in [0.29, 0.717) is 29.8 Å². The van der Waals surface area contributed by atoms with Crippen LogP contribution in [0.1, 0.15) is 28.7 Å². The van der Waals surface area contributed by atoms with Gasteiger partial charge in [0.25, 0.3) is 5.56 Å². The Morgan fingerprint density at radius 3 is 2.52 bits per heavy atom. The zero-order chi connectivity index (χ0) is 19.2. The molecule has 8 heteroatoms. The van der Waals surface area contributed by atoms with Crippen molar-refractivity contribution in [1.29, 1.82) is 0 Å². The minimum absolute atomic E-state index is 0.0417. The fraction of sp³-hybridized carbons (Fsp3) is 0.263. The van der Waals surface area contributed by atoms with E-state index in [0.717, 1.165) is 16.8 Å². The number of aromatic amines is 1. The van der Waals surface area contributed by atoms with Gasteiger partial charge in [-0.3, -0.25) is 4.79 Å². The smallest absolute Gasteiger partial charge is 0.251 e. The van der Waals surface area contributed by atoms with Gasteiger partial charge in [-0.05, 0) is 24.6 Å². The lowest BCUT2D eigenvalue weighted by Crippen LogP contribution is -2.24. The fourth-order valence-electron chi connectivity index (χ4n) is 2.77. The summed E-state index contributed by atoms with van der Waals surface area (Å²) >= 11 is 6.02. The summed E-state index contributed by atoms with van der Waals surface area (Å²) in [4.78, 5) is 27.3. The van der Waals surface area contributed by atoms with Crippen LogP contribution in [0.15, 0.2) is 47.5 Å². The maximum atomic E-state index is 11.8. The average Bonchev–Trinajstić information content (AvgIpc) is 2.65. The SMILES string of the molecule is CNc1ncc(CN[C@H](Cc2cc(=O)[nH]c(C)n2)c2ccc(Cl)cc2)cn1. The molecule has 27 heavy (non-hydrogen) atoms. The molecule has 1 aromatic carbocycles. The molecule has 0 aliphatic carbocycles. The zero-order valence-electron chi connectivity index (χ0n) is 15.2. The van der Waals surface area contributed by atoms with E-state index in [-0.39, 0.29) is 11.6 Å². The minimum Gasteiger partial charge on any atom is -0.357 e. The van der Waals surface area contributed by atoms with Gasteiger partial charge in [-0.2, -0.15) is 0 Å². The topological polar surface area (TPSA) is 95.6 Å². The van der Waals surface area contributed by atoms with Crippen LogP contribution in [-0.4, -0.2) is 27.0 Å². The molecule has 3 rings (SSSR count). The van der Waals surface area contributed by atoms with E-state index in [1.54, 1.807) is 26.4 Å². The monoisotopic (exact) mass is 384 g/mol. The van der Waals surface area contributed by atoms with E-state index in [9.17, 15) is 4.79 Å².